The predicted octanol–water partition coefficient (Wildman–Crippen LogP) is 1.02. The van der Waals surface area contributed by atoms with Crippen LogP contribution in [0.25, 0.3) is 0 Å². The van der Waals surface area contributed by atoms with Gasteiger partial charge in [0.15, 0.2) is 0 Å². The van der Waals surface area contributed by atoms with Gasteiger partial charge in [-0.05, 0) is 37.0 Å². The van der Waals surface area contributed by atoms with Crippen molar-refractivity contribution in [1.29, 1.82) is 0 Å². The molecule has 0 bridgehead atoms. The average Bonchev–Trinajstić information content (AvgIpc) is 2.82. The normalized spacial score (nSPS) is 23.0. The van der Waals surface area contributed by atoms with Gasteiger partial charge >= 0.3 is 0 Å². The molecule has 1 amide bonds. The van der Waals surface area contributed by atoms with Gasteiger partial charge in [-0.3, -0.25) is 4.79 Å². The van der Waals surface area contributed by atoms with Crippen molar-refractivity contribution in [2.24, 2.45) is 5.73 Å². The van der Waals surface area contributed by atoms with Gasteiger partial charge in [-0.15, -0.1) is 0 Å². The Balaban J connectivity index is 1.85. The van der Waals surface area contributed by atoms with Crippen LogP contribution < -0.4 is 16.4 Å². The molecule has 1 saturated carbocycles. The minimum absolute atomic E-state index is 0.0451. The van der Waals surface area contributed by atoms with E-state index in [1.807, 2.05) is 24.3 Å². The van der Waals surface area contributed by atoms with Crippen LogP contribution in [-0.4, -0.2) is 25.0 Å². The van der Waals surface area contributed by atoms with E-state index in [2.05, 4.69) is 10.6 Å². The largest absolute Gasteiger partial charge is 0.355 e. The van der Waals surface area contributed by atoms with Crippen LogP contribution in [-0.2, 0) is 6.54 Å². The van der Waals surface area contributed by atoms with Gasteiger partial charge in [-0.25, -0.2) is 0 Å². The topological polar surface area (TPSA) is 67.2 Å². The number of amides is 1. The Labute approximate surface area is 108 Å². The van der Waals surface area contributed by atoms with E-state index >= 15 is 0 Å². The zero-order chi connectivity index (χ0) is 13.0. The number of carbonyl (C=O) groups excluding carboxylic acids is 1. The van der Waals surface area contributed by atoms with Crippen molar-refractivity contribution in [3.05, 3.63) is 35.4 Å². The highest BCUT2D eigenvalue weighted by Crippen LogP contribution is 2.17. The van der Waals surface area contributed by atoms with Crippen molar-refractivity contribution in [3.63, 3.8) is 0 Å². The lowest BCUT2D eigenvalue weighted by molar-refractivity contribution is 0.0963. The SMILES string of the molecule is CNC(=O)c1ccc(CNC2CCC(N)C2)cc1. The summed E-state index contributed by atoms with van der Waals surface area (Å²) in [5.74, 6) is -0.0451. The standard InChI is InChI=1S/C14H21N3O/c1-16-14(18)11-4-2-10(3-5-11)9-17-13-7-6-12(15)8-13/h2-5,12-13,17H,6-9,15H2,1H3,(H,16,18). The molecule has 1 fully saturated rings. The van der Waals surface area contributed by atoms with Gasteiger partial charge in [0.1, 0.15) is 0 Å². The summed E-state index contributed by atoms with van der Waals surface area (Å²) in [5, 5.41) is 6.12. The second kappa shape index (κ2) is 5.98. The van der Waals surface area contributed by atoms with E-state index in [0.717, 1.165) is 25.8 Å². The van der Waals surface area contributed by atoms with Crippen LogP contribution in [0.5, 0.6) is 0 Å². The minimum Gasteiger partial charge on any atom is -0.355 e. The molecule has 0 radical (unpaired) electrons. The van der Waals surface area contributed by atoms with Gasteiger partial charge in [0.05, 0.1) is 0 Å². The number of hydrogen-bond donors (Lipinski definition) is 3. The van der Waals surface area contributed by atoms with Gasteiger partial charge < -0.3 is 16.4 Å². The summed E-state index contributed by atoms with van der Waals surface area (Å²) in [6.45, 7) is 0.839. The smallest absolute Gasteiger partial charge is 0.251 e. The Morgan fingerprint density at radius 1 is 1.33 bits per heavy atom. The number of nitrogens with one attached hydrogen (secondary N) is 2. The molecule has 2 rings (SSSR count). The van der Waals surface area contributed by atoms with Crippen molar-refractivity contribution in [2.45, 2.75) is 37.9 Å². The monoisotopic (exact) mass is 247 g/mol. The second-order valence-electron chi connectivity index (χ2n) is 4.93. The van der Waals surface area contributed by atoms with Crippen molar-refractivity contribution in [3.8, 4) is 0 Å². The number of benzene rings is 1. The van der Waals surface area contributed by atoms with Crippen LogP contribution >= 0.6 is 0 Å². The fraction of sp³-hybridized carbons (Fsp3) is 0.500. The van der Waals surface area contributed by atoms with E-state index in [9.17, 15) is 4.79 Å². The zero-order valence-electron chi connectivity index (χ0n) is 10.8. The summed E-state index contributed by atoms with van der Waals surface area (Å²) in [6, 6.07) is 8.60. The van der Waals surface area contributed by atoms with Crippen LogP contribution in [0.4, 0.5) is 0 Å². The molecule has 0 saturated heterocycles. The third-order valence-corrected chi connectivity index (χ3v) is 3.51. The molecule has 0 aliphatic heterocycles. The average molecular weight is 247 g/mol. The molecule has 0 spiro atoms. The Morgan fingerprint density at radius 2 is 2.06 bits per heavy atom. The van der Waals surface area contributed by atoms with Crippen molar-refractivity contribution in [2.75, 3.05) is 7.05 Å². The summed E-state index contributed by atoms with van der Waals surface area (Å²) in [4.78, 5) is 11.4. The van der Waals surface area contributed by atoms with Gasteiger partial charge in [-0.2, -0.15) is 0 Å². The first-order chi connectivity index (χ1) is 8.69. The van der Waals surface area contributed by atoms with Crippen molar-refractivity contribution < 1.29 is 4.79 Å². The molecule has 2 unspecified atom stereocenters. The summed E-state index contributed by atoms with van der Waals surface area (Å²) in [5.41, 5.74) is 7.77. The van der Waals surface area contributed by atoms with E-state index in [-0.39, 0.29) is 5.91 Å². The molecule has 4 nitrogen and oxygen atoms in total. The number of hydrogen-bond acceptors (Lipinski definition) is 3. The molecule has 0 aromatic heterocycles. The van der Waals surface area contributed by atoms with Gasteiger partial charge in [0.25, 0.3) is 5.91 Å². The molecule has 0 heterocycles. The summed E-state index contributed by atoms with van der Waals surface area (Å²) >= 11 is 0. The molecular formula is C14H21N3O. The Hall–Kier alpha value is -1.39. The molecule has 1 aromatic rings. The van der Waals surface area contributed by atoms with E-state index in [4.69, 9.17) is 5.73 Å². The first kappa shape index (κ1) is 13.1. The predicted molar refractivity (Wildman–Crippen MR) is 72.3 cm³/mol. The molecule has 4 heteroatoms. The van der Waals surface area contributed by atoms with Crippen molar-refractivity contribution in [1.82, 2.24) is 10.6 Å². The highest BCUT2D eigenvalue weighted by atomic mass is 16.1. The summed E-state index contributed by atoms with van der Waals surface area (Å²) in [6.07, 6.45) is 3.35. The van der Waals surface area contributed by atoms with Crippen LogP contribution in [0.1, 0.15) is 35.2 Å². The van der Waals surface area contributed by atoms with Gasteiger partial charge in [0, 0.05) is 31.2 Å². The first-order valence-corrected chi connectivity index (χ1v) is 6.49. The van der Waals surface area contributed by atoms with E-state index in [0.29, 0.717) is 17.6 Å². The molecule has 2 atom stereocenters. The molecular weight excluding hydrogens is 226 g/mol. The molecule has 18 heavy (non-hydrogen) atoms. The van der Waals surface area contributed by atoms with Crippen LogP contribution in [0.2, 0.25) is 0 Å². The fourth-order valence-electron chi connectivity index (χ4n) is 2.38. The van der Waals surface area contributed by atoms with Crippen LogP contribution in [0, 0.1) is 0 Å². The van der Waals surface area contributed by atoms with Gasteiger partial charge in [0.2, 0.25) is 0 Å². The Bertz CT molecular complexity index is 402. The maximum absolute atomic E-state index is 11.4. The quantitative estimate of drug-likeness (QED) is 0.744. The minimum atomic E-state index is -0.0451. The molecule has 1 aliphatic carbocycles. The number of nitrogens with two attached hydrogens (primary N) is 1. The second-order valence-corrected chi connectivity index (χ2v) is 4.93. The first-order valence-electron chi connectivity index (χ1n) is 6.49. The maximum Gasteiger partial charge on any atom is 0.251 e. The highest BCUT2D eigenvalue weighted by Gasteiger charge is 2.20. The summed E-state index contributed by atoms with van der Waals surface area (Å²) in [7, 11) is 1.64. The lowest BCUT2D eigenvalue weighted by Gasteiger charge is -2.12. The summed E-state index contributed by atoms with van der Waals surface area (Å²) < 4.78 is 0. The molecule has 98 valence electrons. The van der Waals surface area contributed by atoms with Crippen molar-refractivity contribution >= 4 is 5.91 Å². The molecule has 1 aromatic carbocycles. The highest BCUT2D eigenvalue weighted by molar-refractivity contribution is 5.93. The molecule has 1 aliphatic rings. The fourth-order valence-corrected chi connectivity index (χ4v) is 2.38. The van der Waals surface area contributed by atoms with Crippen LogP contribution in [0.15, 0.2) is 24.3 Å². The number of carbonyl (C=O) groups is 1. The van der Waals surface area contributed by atoms with Crippen LogP contribution in [0.3, 0.4) is 0 Å². The van der Waals surface area contributed by atoms with E-state index in [1.54, 1.807) is 7.05 Å². The zero-order valence-corrected chi connectivity index (χ0v) is 10.8. The lowest BCUT2D eigenvalue weighted by Crippen LogP contribution is -2.28. The third kappa shape index (κ3) is 3.31. The Kier molecular flexibility index (Phi) is 4.33. The molecule has 4 N–H and O–H groups in total. The Morgan fingerprint density at radius 3 is 2.61 bits per heavy atom. The maximum atomic E-state index is 11.4. The lowest BCUT2D eigenvalue weighted by atomic mass is 10.1. The number of rotatable bonds is 4. The third-order valence-electron chi connectivity index (χ3n) is 3.51. The van der Waals surface area contributed by atoms with E-state index < -0.39 is 0 Å². The van der Waals surface area contributed by atoms with E-state index in [1.165, 1.54) is 5.56 Å². The van der Waals surface area contributed by atoms with Gasteiger partial charge in [-0.1, -0.05) is 12.1 Å².